The summed E-state index contributed by atoms with van der Waals surface area (Å²) in [4.78, 5) is 25.1. The largest absolute Gasteiger partial charge is 0.453 e. The Morgan fingerprint density at radius 1 is 0.943 bits per heavy atom. The molecule has 4 nitrogen and oxygen atoms in total. The van der Waals surface area contributed by atoms with Crippen molar-refractivity contribution >= 4 is 75.5 Å². The zero-order valence-electron chi connectivity index (χ0n) is 17.1. The normalized spacial score (nSPS) is 19.3. The van der Waals surface area contributed by atoms with Gasteiger partial charge in [0.05, 0.1) is 16.5 Å². The molecule has 2 N–H and O–H groups in total. The molecule has 2 aromatic rings. The first-order chi connectivity index (χ1) is 16.0. The van der Waals surface area contributed by atoms with Crippen molar-refractivity contribution in [2.45, 2.75) is 28.8 Å². The molecule has 1 fully saturated rings. The van der Waals surface area contributed by atoms with Crippen LogP contribution in [0.1, 0.15) is 28.3 Å². The second kappa shape index (κ2) is 10.1. The minimum Gasteiger partial charge on any atom is -0.352 e. The van der Waals surface area contributed by atoms with Crippen molar-refractivity contribution in [2.75, 3.05) is 11.9 Å². The van der Waals surface area contributed by atoms with Crippen LogP contribution in [0.2, 0.25) is 15.1 Å². The lowest BCUT2D eigenvalue weighted by Gasteiger charge is -2.19. The molecule has 0 spiro atoms. The van der Waals surface area contributed by atoms with E-state index in [4.69, 9.17) is 58.0 Å². The average Bonchev–Trinajstić information content (AvgIpc) is 3.29. The van der Waals surface area contributed by atoms with Crippen molar-refractivity contribution in [3.8, 4) is 0 Å². The Balaban J connectivity index is 1.68. The molecule has 0 aromatic heterocycles. The van der Waals surface area contributed by atoms with Gasteiger partial charge in [-0.2, -0.15) is 22.0 Å². The van der Waals surface area contributed by atoms with Crippen LogP contribution in [0, 0.1) is 5.92 Å². The molecule has 2 aromatic carbocycles. The third-order valence-corrected chi connectivity index (χ3v) is 6.90. The van der Waals surface area contributed by atoms with Gasteiger partial charge in [-0.3, -0.25) is 9.59 Å². The Morgan fingerprint density at radius 3 is 2.11 bits per heavy atom. The lowest BCUT2D eigenvalue weighted by molar-refractivity contribution is -0.283. The van der Waals surface area contributed by atoms with Gasteiger partial charge >= 0.3 is 12.1 Å². The quantitative estimate of drug-likeness (QED) is 0.256. The van der Waals surface area contributed by atoms with Crippen LogP contribution in [0.15, 0.2) is 36.4 Å². The van der Waals surface area contributed by atoms with Crippen LogP contribution in [0.4, 0.5) is 27.6 Å². The van der Waals surface area contributed by atoms with E-state index in [1.54, 1.807) is 12.1 Å². The van der Waals surface area contributed by atoms with Gasteiger partial charge in [0.1, 0.15) is 4.33 Å². The summed E-state index contributed by atoms with van der Waals surface area (Å²) in [6, 6.07) is 8.36. The molecule has 14 heteroatoms. The average molecular weight is 599 g/mol. The lowest BCUT2D eigenvalue weighted by Crippen LogP contribution is -2.40. The van der Waals surface area contributed by atoms with E-state index in [1.165, 1.54) is 18.2 Å². The predicted octanol–water partition coefficient (Wildman–Crippen LogP) is 7.49. The SMILES string of the molecule is O=C(NCCC(F)(F)C(F)(F)F)c1cc(NC(=O)[C@@H]2[C@@H](c3cc(Cl)cc(Cl)c3)C2(Cl)Cl)ccc1Cl. The molecule has 1 aliphatic carbocycles. The molecule has 0 heterocycles. The minimum absolute atomic E-state index is 0.0871. The highest BCUT2D eigenvalue weighted by Crippen LogP contribution is 2.65. The maximum atomic E-state index is 13.0. The van der Waals surface area contributed by atoms with E-state index in [0.717, 1.165) is 6.07 Å². The molecule has 0 unspecified atom stereocenters. The van der Waals surface area contributed by atoms with Gasteiger partial charge in [0, 0.05) is 34.6 Å². The molecule has 35 heavy (non-hydrogen) atoms. The van der Waals surface area contributed by atoms with Gasteiger partial charge in [-0.25, -0.2) is 0 Å². The fraction of sp³-hybridized carbons (Fsp3) is 0.333. The zero-order valence-corrected chi connectivity index (χ0v) is 20.9. The molecule has 2 amide bonds. The number of carbonyl (C=O) groups is 2. The van der Waals surface area contributed by atoms with E-state index in [9.17, 15) is 31.5 Å². The van der Waals surface area contributed by atoms with Crippen molar-refractivity contribution in [3.05, 3.63) is 62.6 Å². The van der Waals surface area contributed by atoms with Gasteiger partial charge in [0.2, 0.25) is 5.91 Å². The van der Waals surface area contributed by atoms with E-state index < -0.39 is 53.0 Å². The van der Waals surface area contributed by atoms with Gasteiger partial charge in [-0.1, -0.05) is 34.8 Å². The Bertz CT molecular complexity index is 1140. The highest BCUT2D eigenvalue weighted by molar-refractivity contribution is 6.53. The highest BCUT2D eigenvalue weighted by atomic mass is 35.5. The van der Waals surface area contributed by atoms with Gasteiger partial charge in [0.15, 0.2) is 0 Å². The first-order valence-corrected chi connectivity index (χ1v) is 11.6. The van der Waals surface area contributed by atoms with Gasteiger partial charge in [-0.15, -0.1) is 23.2 Å². The molecule has 190 valence electrons. The zero-order chi connectivity index (χ0) is 26.3. The number of alkyl halides is 7. The highest BCUT2D eigenvalue weighted by Gasteiger charge is 2.67. The summed E-state index contributed by atoms with van der Waals surface area (Å²) in [7, 11) is 0. The third-order valence-electron chi connectivity index (χ3n) is 5.20. The summed E-state index contributed by atoms with van der Waals surface area (Å²) >= 11 is 30.5. The van der Waals surface area contributed by atoms with Gasteiger partial charge in [0.25, 0.3) is 5.91 Å². The minimum atomic E-state index is -5.74. The van der Waals surface area contributed by atoms with Crippen molar-refractivity contribution in [2.24, 2.45) is 5.92 Å². The maximum Gasteiger partial charge on any atom is 0.453 e. The summed E-state index contributed by atoms with van der Waals surface area (Å²) in [5.41, 5.74) is 0.375. The molecule has 0 radical (unpaired) electrons. The Labute approximate surface area is 221 Å². The second-order valence-electron chi connectivity index (χ2n) is 7.72. The lowest BCUT2D eigenvalue weighted by atomic mass is 10.1. The fourth-order valence-electron chi connectivity index (χ4n) is 3.39. The molecular formula is C21H14Cl5F5N2O2. The molecule has 1 aliphatic rings. The monoisotopic (exact) mass is 596 g/mol. The standard InChI is InChI=1S/C21H14Cl5F5N2O2/c22-10-5-9(6-11(23)7-10)15-16(20(15,25)26)18(35)33-12-1-2-14(24)13(8-12)17(34)32-4-3-19(27,28)21(29,30)31/h1-2,5-8,15-16H,3-4H2,(H,32,34)(H,33,35)/t15-,16+/m1/s1. The van der Waals surface area contributed by atoms with Crippen LogP contribution in [-0.4, -0.2) is 34.8 Å². The molecule has 0 bridgehead atoms. The number of amides is 2. The fourth-order valence-corrected chi connectivity index (χ4v) is 4.96. The van der Waals surface area contributed by atoms with Crippen LogP contribution >= 0.6 is 58.0 Å². The number of rotatable bonds is 7. The molecule has 0 aliphatic heterocycles. The number of benzene rings is 2. The molecule has 3 rings (SSSR count). The number of halogens is 10. The topological polar surface area (TPSA) is 58.2 Å². The number of anilines is 1. The first-order valence-electron chi connectivity index (χ1n) is 9.71. The third kappa shape index (κ3) is 6.25. The van der Waals surface area contributed by atoms with Gasteiger partial charge < -0.3 is 10.6 Å². The van der Waals surface area contributed by atoms with Gasteiger partial charge in [-0.05, 0) is 42.0 Å². The van der Waals surface area contributed by atoms with Crippen LogP contribution in [0.5, 0.6) is 0 Å². The van der Waals surface area contributed by atoms with Crippen molar-refractivity contribution < 1.29 is 31.5 Å². The van der Waals surface area contributed by atoms with Crippen molar-refractivity contribution in [3.63, 3.8) is 0 Å². The summed E-state index contributed by atoms with van der Waals surface area (Å²) in [5, 5.41) is 5.01. The van der Waals surface area contributed by atoms with Crippen LogP contribution in [0.25, 0.3) is 0 Å². The number of nitrogens with one attached hydrogen (secondary N) is 2. The van der Waals surface area contributed by atoms with E-state index in [1.807, 2.05) is 5.32 Å². The summed E-state index contributed by atoms with van der Waals surface area (Å²) < 4.78 is 61.4. The summed E-state index contributed by atoms with van der Waals surface area (Å²) in [5.74, 6) is -8.12. The molecule has 1 saturated carbocycles. The first kappa shape index (κ1) is 28.1. The predicted molar refractivity (Wildman–Crippen MR) is 125 cm³/mol. The summed E-state index contributed by atoms with van der Waals surface area (Å²) in [6.07, 6.45) is -7.39. The van der Waals surface area contributed by atoms with Crippen molar-refractivity contribution in [1.82, 2.24) is 5.32 Å². The molecule has 0 saturated heterocycles. The Kier molecular flexibility index (Phi) is 8.09. The van der Waals surface area contributed by atoms with Crippen molar-refractivity contribution in [1.29, 1.82) is 0 Å². The maximum absolute atomic E-state index is 13.0. The second-order valence-corrected chi connectivity index (χ2v) is 10.4. The number of hydrogen-bond acceptors (Lipinski definition) is 2. The van der Waals surface area contributed by atoms with Crippen LogP contribution in [0.3, 0.4) is 0 Å². The van der Waals surface area contributed by atoms with E-state index in [2.05, 4.69) is 5.32 Å². The van der Waals surface area contributed by atoms with E-state index in [-0.39, 0.29) is 16.3 Å². The van der Waals surface area contributed by atoms with Crippen LogP contribution in [-0.2, 0) is 4.79 Å². The smallest absolute Gasteiger partial charge is 0.352 e. The van der Waals surface area contributed by atoms with Crippen LogP contribution < -0.4 is 10.6 Å². The Hall–Kier alpha value is -1.52. The van der Waals surface area contributed by atoms with E-state index in [0.29, 0.717) is 15.6 Å². The summed E-state index contributed by atoms with van der Waals surface area (Å²) in [6.45, 7) is -0.967. The number of hydrogen-bond donors (Lipinski definition) is 2. The molecule has 2 atom stereocenters. The Morgan fingerprint density at radius 2 is 1.54 bits per heavy atom. The van der Waals surface area contributed by atoms with E-state index >= 15 is 0 Å². The number of carbonyl (C=O) groups excluding carboxylic acids is 2. The molecular weight excluding hydrogens is 584 g/mol.